The normalized spacial score (nSPS) is 16.7. The predicted octanol–water partition coefficient (Wildman–Crippen LogP) is 5.82. The second-order valence-electron chi connectivity index (χ2n) is 9.93. The molecule has 4 aromatic rings. The highest BCUT2D eigenvalue weighted by molar-refractivity contribution is 7.90. The summed E-state index contributed by atoms with van der Waals surface area (Å²) in [6.45, 7) is 1.10. The molecule has 0 spiro atoms. The van der Waals surface area contributed by atoms with Gasteiger partial charge in [-0.3, -0.25) is 4.79 Å². The maximum Gasteiger partial charge on any atom is 0.268 e. The number of fused-ring (bicyclic) bond motifs is 1. The van der Waals surface area contributed by atoms with Crippen LogP contribution in [-0.2, 0) is 16.4 Å². The molecule has 0 unspecified atom stereocenters. The molecule has 0 bridgehead atoms. The predicted molar refractivity (Wildman–Crippen MR) is 151 cm³/mol. The Morgan fingerprint density at radius 2 is 1.69 bits per heavy atom. The molecular weight excluding hydrogens is 513 g/mol. The summed E-state index contributed by atoms with van der Waals surface area (Å²) < 4.78 is 42.0. The summed E-state index contributed by atoms with van der Waals surface area (Å²) in [5.74, 6) is -0.436. The molecule has 1 atom stereocenters. The lowest BCUT2D eigenvalue weighted by Gasteiger charge is -2.18. The van der Waals surface area contributed by atoms with Gasteiger partial charge in [0.25, 0.3) is 15.9 Å². The third-order valence-corrected chi connectivity index (χ3v) is 9.08. The largest absolute Gasteiger partial charge is 0.380 e. The molecule has 0 saturated carbocycles. The first-order valence-corrected chi connectivity index (χ1v) is 14.5. The summed E-state index contributed by atoms with van der Waals surface area (Å²) in [7, 11) is -3.87. The third kappa shape index (κ3) is 4.88. The van der Waals surface area contributed by atoms with E-state index in [0.717, 1.165) is 41.6 Å². The van der Waals surface area contributed by atoms with Crippen molar-refractivity contribution in [3.63, 3.8) is 0 Å². The summed E-state index contributed by atoms with van der Waals surface area (Å²) in [5.41, 5.74) is 4.85. The van der Waals surface area contributed by atoms with Crippen molar-refractivity contribution in [3.8, 4) is 11.1 Å². The van der Waals surface area contributed by atoms with Crippen LogP contribution in [-0.4, -0.2) is 42.3 Å². The lowest BCUT2D eigenvalue weighted by molar-refractivity contribution is 0.0791. The number of halogens is 1. The molecule has 1 aliphatic carbocycles. The van der Waals surface area contributed by atoms with E-state index in [-0.39, 0.29) is 22.7 Å². The van der Waals surface area contributed by atoms with E-state index in [0.29, 0.717) is 24.3 Å². The van der Waals surface area contributed by atoms with Crippen molar-refractivity contribution in [2.45, 2.75) is 30.2 Å². The number of carbonyl (C=O) groups is 1. The number of allylic oxidation sites excluding steroid dienone is 1. The van der Waals surface area contributed by atoms with Gasteiger partial charge < -0.3 is 10.2 Å². The number of benzene rings is 3. The SMILES string of the molecule is O=C(c1ccc(S(=O)(=O)n2cc(-c3ccccc3)c3c2C=CCC3)cc1)N1CC[C@H](Nc2ccc(F)cc2)C1. The van der Waals surface area contributed by atoms with Crippen molar-refractivity contribution in [2.24, 2.45) is 0 Å². The number of hydrogen-bond donors (Lipinski definition) is 1. The zero-order chi connectivity index (χ0) is 27.0. The molecule has 1 amide bonds. The average molecular weight is 542 g/mol. The Morgan fingerprint density at radius 1 is 0.949 bits per heavy atom. The minimum Gasteiger partial charge on any atom is -0.380 e. The highest BCUT2D eigenvalue weighted by Crippen LogP contribution is 2.35. The first-order chi connectivity index (χ1) is 18.9. The number of rotatable bonds is 6. The molecule has 2 heterocycles. The van der Waals surface area contributed by atoms with Crippen LogP contribution in [0, 0.1) is 5.82 Å². The summed E-state index contributed by atoms with van der Waals surface area (Å²) in [5, 5.41) is 3.34. The number of hydrogen-bond acceptors (Lipinski definition) is 4. The first-order valence-electron chi connectivity index (χ1n) is 13.0. The molecule has 1 fully saturated rings. The molecule has 8 heteroatoms. The summed E-state index contributed by atoms with van der Waals surface area (Å²) in [4.78, 5) is 15.0. The molecule has 3 aromatic carbocycles. The lowest BCUT2D eigenvalue weighted by Crippen LogP contribution is -2.31. The van der Waals surface area contributed by atoms with Gasteiger partial charge in [0.15, 0.2) is 0 Å². The van der Waals surface area contributed by atoms with E-state index in [2.05, 4.69) is 5.32 Å². The van der Waals surface area contributed by atoms with E-state index in [4.69, 9.17) is 0 Å². The number of nitrogens with one attached hydrogen (secondary N) is 1. The number of aromatic nitrogens is 1. The summed E-state index contributed by atoms with van der Waals surface area (Å²) >= 11 is 0. The highest BCUT2D eigenvalue weighted by Gasteiger charge is 2.29. The van der Waals surface area contributed by atoms with Crippen LogP contribution in [0.4, 0.5) is 10.1 Å². The number of anilines is 1. The fourth-order valence-electron chi connectivity index (χ4n) is 5.37. The van der Waals surface area contributed by atoms with E-state index in [9.17, 15) is 17.6 Å². The quantitative estimate of drug-likeness (QED) is 0.334. The van der Waals surface area contributed by atoms with Gasteiger partial charge in [-0.05, 0) is 85.0 Å². The molecule has 1 saturated heterocycles. The fourth-order valence-corrected chi connectivity index (χ4v) is 6.75. The van der Waals surface area contributed by atoms with E-state index in [1.807, 2.05) is 42.5 Å². The Balaban J connectivity index is 1.21. The van der Waals surface area contributed by atoms with Crippen LogP contribution in [0.3, 0.4) is 0 Å². The molecule has 1 aromatic heterocycles. The first kappa shape index (κ1) is 25.1. The molecule has 1 aliphatic heterocycles. The zero-order valence-electron chi connectivity index (χ0n) is 21.3. The van der Waals surface area contributed by atoms with Crippen LogP contribution in [0.2, 0.25) is 0 Å². The average Bonchev–Trinajstić information content (AvgIpc) is 3.60. The molecule has 0 radical (unpaired) electrons. The highest BCUT2D eigenvalue weighted by atomic mass is 32.2. The minimum atomic E-state index is -3.87. The van der Waals surface area contributed by atoms with Gasteiger partial charge in [0, 0.05) is 42.1 Å². The van der Waals surface area contributed by atoms with Gasteiger partial charge in [-0.1, -0.05) is 36.4 Å². The Hall–Kier alpha value is -4.17. The maximum absolute atomic E-state index is 13.7. The molecule has 198 valence electrons. The topological polar surface area (TPSA) is 71.4 Å². The number of carbonyl (C=O) groups excluding carboxylic acids is 1. The van der Waals surface area contributed by atoms with Gasteiger partial charge in [-0.15, -0.1) is 0 Å². The standard InChI is InChI=1S/C31H28FN3O3S/c32-24-12-14-25(15-13-24)33-26-18-19-34(20-26)31(36)23-10-16-27(17-11-23)39(37,38)35-21-29(22-6-2-1-3-7-22)28-8-4-5-9-30(28)35/h1-3,5-7,9-17,21,26,33H,4,8,18-20H2/t26-/m0/s1. The number of nitrogens with zero attached hydrogens (tertiary/aromatic N) is 2. The summed E-state index contributed by atoms with van der Waals surface area (Å²) in [6, 6.07) is 22.2. The molecule has 6 rings (SSSR count). The molecule has 39 heavy (non-hydrogen) atoms. The second kappa shape index (κ2) is 10.2. The third-order valence-electron chi connectivity index (χ3n) is 7.39. The fraction of sp³-hybridized carbons (Fsp3) is 0.194. The van der Waals surface area contributed by atoms with Crippen molar-refractivity contribution in [2.75, 3.05) is 18.4 Å². The van der Waals surface area contributed by atoms with E-state index in [1.165, 1.54) is 28.2 Å². The van der Waals surface area contributed by atoms with Crippen molar-refractivity contribution in [3.05, 3.63) is 114 Å². The van der Waals surface area contributed by atoms with Gasteiger partial charge in [-0.2, -0.15) is 0 Å². The molecule has 1 N–H and O–H groups in total. The van der Waals surface area contributed by atoms with E-state index in [1.54, 1.807) is 35.4 Å². The van der Waals surface area contributed by atoms with Crippen molar-refractivity contribution >= 4 is 27.7 Å². The molecule has 6 nitrogen and oxygen atoms in total. The second-order valence-corrected chi connectivity index (χ2v) is 11.7. The Morgan fingerprint density at radius 3 is 2.44 bits per heavy atom. The van der Waals surface area contributed by atoms with Crippen molar-refractivity contribution in [1.29, 1.82) is 0 Å². The van der Waals surface area contributed by atoms with Gasteiger partial charge >= 0.3 is 0 Å². The van der Waals surface area contributed by atoms with Crippen molar-refractivity contribution in [1.82, 2.24) is 8.87 Å². The maximum atomic E-state index is 13.7. The van der Waals surface area contributed by atoms with Crippen LogP contribution < -0.4 is 5.32 Å². The van der Waals surface area contributed by atoms with Gasteiger partial charge in [0.05, 0.1) is 10.6 Å². The molecular formula is C31H28FN3O3S. The van der Waals surface area contributed by atoms with Crippen LogP contribution in [0.25, 0.3) is 17.2 Å². The Bertz CT molecular complexity index is 1640. The summed E-state index contributed by atoms with van der Waals surface area (Å²) in [6.07, 6.45) is 8.00. The minimum absolute atomic E-state index is 0.0610. The molecule has 2 aliphatic rings. The Labute approximate surface area is 227 Å². The van der Waals surface area contributed by atoms with E-state index < -0.39 is 10.0 Å². The lowest BCUT2D eigenvalue weighted by atomic mass is 9.96. The van der Waals surface area contributed by atoms with Crippen molar-refractivity contribution < 1.29 is 17.6 Å². The number of amides is 1. The van der Waals surface area contributed by atoms with Crippen LogP contribution >= 0.6 is 0 Å². The van der Waals surface area contributed by atoms with Crippen LogP contribution in [0.1, 0.15) is 34.5 Å². The zero-order valence-corrected chi connectivity index (χ0v) is 22.1. The van der Waals surface area contributed by atoms with E-state index >= 15 is 0 Å². The van der Waals surface area contributed by atoms with Gasteiger partial charge in [-0.25, -0.2) is 16.8 Å². The number of likely N-dealkylation sites (tertiary alicyclic amines) is 1. The smallest absolute Gasteiger partial charge is 0.268 e. The van der Waals surface area contributed by atoms with Crippen LogP contribution in [0.15, 0.2) is 96.0 Å². The van der Waals surface area contributed by atoms with Crippen LogP contribution in [0.5, 0.6) is 0 Å². The van der Waals surface area contributed by atoms with Gasteiger partial charge in [0.1, 0.15) is 5.82 Å². The monoisotopic (exact) mass is 541 g/mol. The Kier molecular flexibility index (Phi) is 6.56. The van der Waals surface area contributed by atoms with Gasteiger partial charge in [0.2, 0.25) is 0 Å².